The van der Waals surface area contributed by atoms with Crippen molar-refractivity contribution in [3.05, 3.63) is 22.4 Å². The van der Waals surface area contributed by atoms with Gasteiger partial charge in [-0.05, 0) is 31.2 Å². The second kappa shape index (κ2) is 5.10. The van der Waals surface area contributed by atoms with E-state index in [0.717, 1.165) is 12.8 Å². The normalized spacial score (nSPS) is 28.9. The van der Waals surface area contributed by atoms with E-state index in [4.69, 9.17) is 0 Å². The fourth-order valence-electron chi connectivity index (χ4n) is 2.25. The number of nitrogens with one attached hydrogen (secondary N) is 1. The van der Waals surface area contributed by atoms with Gasteiger partial charge in [-0.3, -0.25) is 0 Å². The van der Waals surface area contributed by atoms with Crippen LogP contribution in [0.2, 0.25) is 0 Å². The van der Waals surface area contributed by atoms with Gasteiger partial charge in [0.25, 0.3) is 0 Å². The highest BCUT2D eigenvalue weighted by Crippen LogP contribution is 2.23. The highest BCUT2D eigenvalue weighted by molar-refractivity contribution is 7.10. The van der Waals surface area contributed by atoms with Gasteiger partial charge in [-0.15, -0.1) is 11.3 Å². The summed E-state index contributed by atoms with van der Waals surface area (Å²) in [6, 6.07) is 4.88. The van der Waals surface area contributed by atoms with Crippen molar-refractivity contribution in [3.8, 4) is 0 Å². The van der Waals surface area contributed by atoms with Crippen LogP contribution in [0.5, 0.6) is 0 Å². The van der Waals surface area contributed by atoms with Gasteiger partial charge in [0.2, 0.25) is 0 Å². The standard InChI is InChI=1S/C12H19NOS/c1-9(12-7-4-8-15-12)13-10-5-2-3-6-11(10)14/h4,7-11,13-14H,2-3,5-6H2,1H3/t9-,10?,11?/m1/s1. The molecule has 2 unspecified atom stereocenters. The number of rotatable bonds is 3. The first-order chi connectivity index (χ1) is 7.27. The molecule has 0 spiro atoms. The average Bonchev–Trinajstić information content (AvgIpc) is 2.74. The van der Waals surface area contributed by atoms with Crippen molar-refractivity contribution in [1.29, 1.82) is 0 Å². The van der Waals surface area contributed by atoms with Crippen LogP contribution in [0.1, 0.15) is 43.5 Å². The summed E-state index contributed by atoms with van der Waals surface area (Å²) in [5, 5.41) is 15.5. The highest BCUT2D eigenvalue weighted by Gasteiger charge is 2.24. The van der Waals surface area contributed by atoms with Crippen molar-refractivity contribution in [1.82, 2.24) is 5.32 Å². The lowest BCUT2D eigenvalue weighted by Crippen LogP contribution is -2.42. The van der Waals surface area contributed by atoms with Crippen LogP contribution in [0, 0.1) is 0 Å². The lowest BCUT2D eigenvalue weighted by Gasteiger charge is -2.30. The Morgan fingerprint density at radius 2 is 2.27 bits per heavy atom. The molecule has 1 saturated carbocycles. The lowest BCUT2D eigenvalue weighted by molar-refractivity contribution is 0.0862. The molecule has 2 nitrogen and oxygen atoms in total. The Bertz CT molecular complexity index is 286. The van der Waals surface area contributed by atoms with Crippen LogP contribution in [-0.4, -0.2) is 17.3 Å². The molecular formula is C12H19NOS. The molecule has 1 heterocycles. The Kier molecular flexibility index (Phi) is 3.78. The molecule has 0 radical (unpaired) electrons. The summed E-state index contributed by atoms with van der Waals surface area (Å²) >= 11 is 1.78. The van der Waals surface area contributed by atoms with Gasteiger partial charge in [-0.2, -0.15) is 0 Å². The lowest BCUT2D eigenvalue weighted by atomic mass is 9.92. The van der Waals surface area contributed by atoms with Gasteiger partial charge in [0.15, 0.2) is 0 Å². The van der Waals surface area contributed by atoms with Crippen molar-refractivity contribution in [2.24, 2.45) is 0 Å². The molecule has 0 aliphatic heterocycles. The van der Waals surface area contributed by atoms with Crippen molar-refractivity contribution >= 4 is 11.3 Å². The summed E-state index contributed by atoms with van der Waals surface area (Å²) in [6.45, 7) is 2.17. The molecule has 84 valence electrons. The Morgan fingerprint density at radius 3 is 2.93 bits per heavy atom. The number of thiophene rings is 1. The third-order valence-electron chi connectivity index (χ3n) is 3.16. The van der Waals surface area contributed by atoms with E-state index in [-0.39, 0.29) is 12.1 Å². The van der Waals surface area contributed by atoms with E-state index < -0.39 is 0 Å². The van der Waals surface area contributed by atoms with Gasteiger partial charge < -0.3 is 10.4 Å². The van der Waals surface area contributed by atoms with E-state index in [1.54, 1.807) is 11.3 Å². The predicted octanol–water partition coefficient (Wildman–Crippen LogP) is 2.70. The quantitative estimate of drug-likeness (QED) is 0.829. The third kappa shape index (κ3) is 2.80. The average molecular weight is 225 g/mol. The van der Waals surface area contributed by atoms with E-state index in [2.05, 4.69) is 29.8 Å². The molecule has 1 aliphatic carbocycles. The van der Waals surface area contributed by atoms with Gasteiger partial charge >= 0.3 is 0 Å². The Balaban J connectivity index is 1.90. The molecule has 0 bridgehead atoms. The zero-order valence-electron chi connectivity index (χ0n) is 9.15. The maximum Gasteiger partial charge on any atom is 0.0693 e. The summed E-state index contributed by atoms with van der Waals surface area (Å²) in [7, 11) is 0. The Labute approximate surface area is 95.3 Å². The first kappa shape index (κ1) is 11.1. The van der Waals surface area contributed by atoms with Crippen molar-refractivity contribution in [3.63, 3.8) is 0 Å². The predicted molar refractivity (Wildman–Crippen MR) is 64.1 cm³/mol. The fraction of sp³-hybridized carbons (Fsp3) is 0.667. The Hall–Kier alpha value is -0.380. The molecule has 0 aromatic carbocycles. The first-order valence-corrected chi connectivity index (χ1v) is 6.63. The van der Waals surface area contributed by atoms with Crippen molar-refractivity contribution in [2.75, 3.05) is 0 Å². The van der Waals surface area contributed by atoms with Gasteiger partial charge in [0.1, 0.15) is 0 Å². The maximum absolute atomic E-state index is 9.86. The molecule has 2 rings (SSSR count). The zero-order valence-corrected chi connectivity index (χ0v) is 9.96. The summed E-state index contributed by atoms with van der Waals surface area (Å²) in [5.74, 6) is 0. The van der Waals surface area contributed by atoms with Crippen LogP contribution in [0.15, 0.2) is 17.5 Å². The molecule has 3 atom stereocenters. The minimum absolute atomic E-state index is 0.152. The SMILES string of the molecule is C[C@@H](NC1CCCCC1O)c1cccs1. The van der Waals surface area contributed by atoms with Gasteiger partial charge in [0.05, 0.1) is 6.10 Å². The molecule has 0 saturated heterocycles. The highest BCUT2D eigenvalue weighted by atomic mass is 32.1. The molecular weight excluding hydrogens is 206 g/mol. The summed E-state index contributed by atoms with van der Waals surface area (Å²) < 4.78 is 0. The molecule has 1 aromatic heterocycles. The molecule has 1 fully saturated rings. The largest absolute Gasteiger partial charge is 0.392 e. The summed E-state index contributed by atoms with van der Waals surface area (Å²) in [6.07, 6.45) is 4.32. The first-order valence-electron chi connectivity index (χ1n) is 5.75. The number of aliphatic hydroxyl groups is 1. The fourth-order valence-corrected chi connectivity index (χ4v) is 2.99. The van der Waals surface area contributed by atoms with E-state index in [0.29, 0.717) is 6.04 Å². The molecule has 3 heteroatoms. The van der Waals surface area contributed by atoms with Gasteiger partial charge in [-0.25, -0.2) is 0 Å². The van der Waals surface area contributed by atoms with E-state index in [1.165, 1.54) is 17.7 Å². The van der Waals surface area contributed by atoms with Crippen molar-refractivity contribution < 1.29 is 5.11 Å². The molecule has 0 amide bonds. The minimum atomic E-state index is -0.152. The van der Waals surface area contributed by atoms with Crippen LogP contribution in [0.25, 0.3) is 0 Å². The number of hydrogen-bond acceptors (Lipinski definition) is 3. The van der Waals surface area contributed by atoms with Crippen molar-refractivity contribution in [2.45, 2.75) is 50.8 Å². The summed E-state index contributed by atoms with van der Waals surface area (Å²) in [4.78, 5) is 1.35. The number of hydrogen-bond donors (Lipinski definition) is 2. The van der Waals surface area contributed by atoms with Gasteiger partial charge in [-0.1, -0.05) is 18.9 Å². The van der Waals surface area contributed by atoms with Gasteiger partial charge in [0, 0.05) is 17.0 Å². The topological polar surface area (TPSA) is 32.3 Å². The smallest absolute Gasteiger partial charge is 0.0693 e. The Morgan fingerprint density at radius 1 is 1.47 bits per heavy atom. The van der Waals surface area contributed by atoms with Crippen LogP contribution in [0.4, 0.5) is 0 Å². The second-order valence-corrected chi connectivity index (χ2v) is 5.34. The van der Waals surface area contributed by atoms with Crippen LogP contribution >= 0.6 is 11.3 Å². The summed E-state index contributed by atoms with van der Waals surface area (Å²) in [5.41, 5.74) is 0. The van der Waals surface area contributed by atoms with Crippen LogP contribution in [-0.2, 0) is 0 Å². The number of aliphatic hydroxyl groups excluding tert-OH is 1. The van der Waals surface area contributed by atoms with E-state index in [1.807, 2.05) is 0 Å². The van der Waals surface area contributed by atoms with E-state index in [9.17, 15) is 5.11 Å². The molecule has 2 N–H and O–H groups in total. The second-order valence-electron chi connectivity index (χ2n) is 4.36. The molecule has 1 aromatic rings. The zero-order chi connectivity index (χ0) is 10.7. The monoisotopic (exact) mass is 225 g/mol. The molecule has 15 heavy (non-hydrogen) atoms. The van der Waals surface area contributed by atoms with Crippen LogP contribution < -0.4 is 5.32 Å². The third-order valence-corrected chi connectivity index (χ3v) is 4.22. The maximum atomic E-state index is 9.86. The van der Waals surface area contributed by atoms with E-state index >= 15 is 0 Å². The van der Waals surface area contributed by atoms with Crippen LogP contribution in [0.3, 0.4) is 0 Å². The molecule has 1 aliphatic rings. The minimum Gasteiger partial charge on any atom is -0.392 e.